The summed E-state index contributed by atoms with van der Waals surface area (Å²) < 4.78 is 6.33. The number of morpholine rings is 1. The average molecular weight is 294 g/mol. The molecule has 17 heavy (non-hydrogen) atoms. The van der Waals surface area contributed by atoms with E-state index in [0.29, 0.717) is 0 Å². The molecule has 1 saturated heterocycles. The molecule has 4 nitrogen and oxygen atoms in total. The molecule has 3 rings (SSSR count). The Morgan fingerprint density at radius 1 is 1.24 bits per heavy atom. The quantitative estimate of drug-likeness (QED) is 0.808. The Bertz CT molecular complexity index is 540. The molecular weight excluding hydrogens is 282 g/mol. The first-order chi connectivity index (χ1) is 8.34. The van der Waals surface area contributed by atoms with Gasteiger partial charge >= 0.3 is 0 Å². The Balaban J connectivity index is 2.03. The van der Waals surface area contributed by atoms with Crippen molar-refractivity contribution in [2.45, 2.75) is 0 Å². The molecular formula is C12H12BrN3O. The minimum absolute atomic E-state index is 0.747. The Labute approximate surface area is 108 Å². The zero-order chi connectivity index (χ0) is 11.7. The highest BCUT2D eigenvalue weighted by Crippen LogP contribution is 2.23. The van der Waals surface area contributed by atoms with Crippen LogP contribution in [0.4, 0.5) is 5.95 Å². The highest BCUT2D eigenvalue weighted by molar-refractivity contribution is 9.10. The maximum atomic E-state index is 5.33. The van der Waals surface area contributed by atoms with Crippen LogP contribution in [-0.2, 0) is 4.74 Å². The lowest BCUT2D eigenvalue weighted by atomic mass is 10.2. The molecule has 0 amide bonds. The summed E-state index contributed by atoms with van der Waals surface area (Å²) in [6.45, 7) is 3.21. The van der Waals surface area contributed by atoms with Crippen molar-refractivity contribution in [1.29, 1.82) is 0 Å². The van der Waals surface area contributed by atoms with Crippen LogP contribution in [0, 0.1) is 0 Å². The zero-order valence-electron chi connectivity index (χ0n) is 9.27. The fourth-order valence-corrected chi connectivity index (χ4v) is 2.40. The molecule has 0 spiro atoms. The van der Waals surface area contributed by atoms with Crippen molar-refractivity contribution in [3.8, 4) is 0 Å². The number of rotatable bonds is 1. The minimum Gasteiger partial charge on any atom is -0.378 e. The van der Waals surface area contributed by atoms with Crippen LogP contribution < -0.4 is 4.90 Å². The number of fused-ring (bicyclic) bond motifs is 1. The number of benzene rings is 1. The predicted octanol–water partition coefficient (Wildman–Crippen LogP) is 2.23. The SMILES string of the molecule is Brc1cccc2cnc(N3CCOCC3)nc12. The van der Waals surface area contributed by atoms with Crippen molar-refractivity contribution < 1.29 is 4.74 Å². The lowest BCUT2D eigenvalue weighted by Gasteiger charge is -2.26. The fraction of sp³-hybridized carbons (Fsp3) is 0.333. The van der Waals surface area contributed by atoms with Crippen molar-refractivity contribution in [1.82, 2.24) is 9.97 Å². The Hall–Kier alpha value is -1.20. The van der Waals surface area contributed by atoms with Gasteiger partial charge in [-0.1, -0.05) is 12.1 Å². The number of hydrogen-bond acceptors (Lipinski definition) is 4. The van der Waals surface area contributed by atoms with Crippen LogP contribution >= 0.6 is 15.9 Å². The standard InChI is InChI=1S/C12H12BrN3O/c13-10-3-1-2-9-8-14-12(15-11(9)10)16-4-6-17-7-5-16/h1-3,8H,4-7H2. The molecule has 0 bridgehead atoms. The predicted molar refractivity (Wildman–Crippen MR) is 70.3 cm³/mol. The third kappa shape index (κ3) is 2.12. The van der Waals surface area contributed by atoms with E-state index in [1.165, 1.54) is 0 Å². The maximum Gasteiger partial charge on any atom is 0.226 e. The summed E-state index contributed by atoms with van der Waals surface area (Å²) >= 11 is 3.52. The van der Waals surface area contributed by atoms with E-state index in [1.807, 2.05) is 24.4 Å². The summed E-state index contributed by atoms with van der Waals surface area (Å²) in [5.41, 5.74) is 0.962. The lowest BCUT2D eigenvalue weighted by Crippen LogP contribution is -2.37. The average Bonchev–Trinajstić information content (AvgIpc) is 2.40. The number of hydrogen-bond donors (Lipinski definition) is 0. The second-order valence-electron chi connectivity index (χ2n) is 3.95. The van der Waals surface area contributed by atoms with E-state index in [1.54, 1.807) is 0 Å². The molecule has 0 unspecified atom stereocenters. The highest BCUT2D eigenvalue weighted by Gasteiger charge is 2.14. The summed E-state index contributed by atoms with van der Waals surface area (Å²) in [6, 6.07) is 6.01. The molecule has 2 heterocycles. The third-order valence-corrected chi connectivity index (χ3v) is 3.48. The van der Waals surface area contributed by atoms with Gasteiger partial charge in [0.2, 0.25) is 5.95 Å². The first-order valence-electron chi connectivity index (χ1n) is 5.58. The number of aromatic nitrogens is 2. The van der Waals surface area contributed by atoms with Crippen LogP contribution in [0.3, 0.4) is 0 Å². The summed E-state index contributed by atoms with van der Waals surface area (Å²) in [6.07, 6.45) is 1.87. The van der Waals surface area contributed by atoms with Gasteiger partial charge in [0.1, 0.15) is 0 Å². The fourth-order valence-electron chi connectivity index (χ4n) is 1.93. The van der Waals surface area contributed by atoms with Crippen LogP contribution in [0.5, 0.6) is 0 Å². The van der Waals surface area contributed by atoms with Gasteiger partial charge in [-0.05, 0) is 22.0 Å². The second kappa shape index (κ2) is 4.58. The second-order valence-corrected chi connectivity index (χ2v) is 4.80. The lowest BCUT2D eigenvalue weighted by molar-refractivity contribution is 0.122. The molecule has 5 heteroatoms. The normalized spacial score (nSPS) is 16.4. The van der Waals surface area contributed by atoms with Crippen molar-refractivity contribution in [3.63, 3.8) is 0 Å². The van der Waals surface area contributed by atoms with E-state index in [0.717, 1.165) is 47.6 Å². The van der Waals surface area contributed by atoms with Gasteiger partial charge in [-0.3, -0.25) is 0 Å². The van der Waals surface area contributed by atoms with E-state index in [4.69, 9.17) is 4.74 Å². The molecule has 1 fully saturated rings. The minimum atomic E-state index is 0.747. The van der Waals surface area contributed by atoms with Crippen molar-refractivity contribution >= 4 is 32.8 Å². The summed E-state index contributed by atoms with van der Waals surface area (Å²) in [4.78, 5) is 11.2. The number of ether oxygens (including phenoxy) is 1. The summed E-state index contributed by atoms with van der Waals surface area (Å²) in [5, 5.41) is 1.05. The van der Waals surface area contributed by atoms with Crippen LogP contribution in [0.2, 0.25) is 0 Å². The molecule has 0 saturated carbocycles. The zero-order valence-corrected chi connectivity index (χ0v) is 10.9. The molecule has 1 aromatic heterocycles. The first kappa shape index (κ1) is 10.9. The van der Waals surface area contributed by atoms with Crippen LogP contribution in [0.1, 0.15) is 0 Å². The van der Waals surface area contributed by atoms with E-state index in [9.17, 15) is 0 Å². The van der Waals surface area contributed by atoms with Crippen LogP contribution in [0.25, 0.3) is 10.9 Å². The Morgan fingerprint density at radius 3 is 2.88 bits per heavy atom. The van der Waals surface area contributed by atoms with Crippen molar-refractivity contribution in [3.05, 3.63) is 28.9 Å². The topological polar surface area (TPSA) is 38.2 Å². The molecule has 1 aliphatic rings. The number of anilines is 1. The van der Waals surface area contributed by atoms with Gasteiger partial charge in [0, 0.05) is 29.1 Å². The van der Waals surface area contributed by atoms with Gasteiger partial charge in [0.25, 0.3) is 0 Å². The van der Waals surface area contributed by atoms with Gasteiger partial charge in [-0.15, -0.1) is 0 Å². The maximum absolute atomic E-state index is 5.33. The van der Waals surface area contributed by atoms with Crippen LogP contribution in [0.15, 0.2) is 28.9 Å². The third-order valence-electron chi connectivity index (χ3n) is 2.84. The van der Waals surface area contributed by atoms with E-state index < -0.39 is 0 Å². The molecule has 0 atom stereocenters. The molecule has 1 aliphatic heterocycles. The molecule has 88 valence electrons. The Morgan fingerprint density at radius 2 is 2.06 bits per heavy atom. The molecule has 0 N–H and O–H groups in total. The monoisotopic (exact) mass is 293 g/mol. The number of nitrogens with zero attached hydrogens (tertiary/aromatic N) is 3. The molecule has 1 aromatic carbocycles. The number of halogens is 1. The first-order valence-corrected chi connectivity index (χ1v) is 6.38. The van der Waals surface area contributed by atoms with E-state index >= 15 is 0 Å². The van der Waals surface area contributed by atoms with Crippen molar-refractivity contribution in [2.75, 3.05) is 31.2 Å². The van der Waals surface area contributed by atoms with Gasteiger partial charge in [0.05, 0.1) is 18.7 Å². The highest BCUT2D eigenvalue weighted by atomic mass is 79.9. The number of para-hydroxylation sites is 1. The molecule has 2 aromatic rings. The molecule has 0 aliphatic carbocycles. The largest absolute Gasteiger partial charge is 0.378 e. The summed E-state index contributed by atoms with van der Waals surface area (Å²) in [7, 11) is 0. The van der Waals surface area contributed by atoms with E-state index in [-0.39, 0.29) is 0 Å². The Kier molecular flexibility index (Phi) is 2.94. The van der Waals surface area contributed by atoms with Gasteiger partial charge < -0.3 is 9.64 Å². The van der Waals surface area contributed by atoms with Crippen molar-refractivity contribution in [2.24, 2.45) is 0 Å². The summed E-state index contributed by atoms with van der Waals surface area (Å²) in [5.74, 6) is 0.785. The van der Waals surface area contributed by atoms with Gasteiger partial charge in [-0.2, -0.15) is 0 Å². The van der Waals surface area contributed by atoms with Crippen LogP contribution in [-0.4, -0.2) is 36.3 Å². The smallest absolute Gasteiger partial charge is 0.226 e. The van der Waals surface area contributed by atoms with E-state index in [2.05, 4.69) is 30.8 Å². The van der Waals surface area contributed by atoms with Gasteiger partial charge in [-0.25, -0.2) is 9.97 Å². The van der Waals surface area contributed by atoms with Gasteiger partial charge in [0.15, 0.2) is 0 Å². The molecule has 0 radical (unpaired) electrons.